The van der Waals surface area contributed by atoms with Gasteiger partial charge in [0.25, 0.3) is 5.91 Å². The van der Waals surface area contributed by atoms with Crippen LogP contribution in [0, 0.1) is 13.8 Å². The van der Waals surface area contributed by atoms with Crippen LogP contribution in [-0.2, 0) is 16.0 Å². The molecule has 0 fully saturated rings. The largest absolute Gasteiger partial charge is 0.452 e. The highest BCUT2D eigenvalue weighted by molar-refractivity contribution is 5.96. The number of ether oxygens (including phenoxy) is 1. The van der Waals surface area contributed by atoms with E-state index in [2.05, 4.69) is 5.32 Å². The Balaban J connectivity index is 1.96. The summed E-state index contributed by atoms with van der Waals surface area (Å²) in [5, 5.41) is 2.78. The molecular weight excluding hydrogens is 290 g/mol. The summed E-state index contributed by atoms with van der Waals surface area (Å²) in [7, 11) is 0. The molecule has 0 spiro atoms. The topological polar surface area (TPSA) is 55.4 Å². The van der Waals surface area contributed by atoms with Crippen molar-refractivity contribution in [3.63, 3.8) is 0 Å². The van der Waals surface area contributed by atoms with E-state index in [0.717, 1.165) is 28.8 Å². The molecule has 0 aliphatic carbocycles. The Morgan fingerprint density at radius 2 is 1.83 bits per heavy atom. The molecule has 0 radical (unpaired) electrons. The summed E-state index contributed by atoms with van der Waals surface area (Å²) in [6.45, 7) is 5.47. The molecule has 0 heterocycles. The van der Waals surface area contributed by atoms with Crippen molar-refractivity contribution in [3.8, 4) is 0 Å². The monoisotopic (exact) mass is 311 g/mol. The lowest BCUT2D eigenvalue weighted by Gasteiger charge is -2.11. The maximum absolute atomic E-state index is 12.1. The predicted octanol–water partition coefficient (Wildman–Crippen LogP) is 3.66. The Morgan fingerprint density at radius 1 is 1.09 bits per heavy atom. The molecule has 2 rings (SSSR count). The molecule has 1 amide bonds. The Labute approximate surface area is 136 Å². The highest BCUT2D eigenvalue weighted by atomic mass is 16.5. The summed E-state index contributed by atoms with van der Waals surface area (Å²) in [4.78, 5) is 24.1. The Hall–Kier alpha value is -2.62. The van der Waals surface area contributed by atoms with Gasteiger partial charge in [0.2, 0.25) is 0 Å². The second kappa shape index (κ2) is 7.58. The van der Waals surface area contributed by atoms with Crippen LogP contribution >= 0.6 is 0 Å². The van der Waals surface area contributed by atoms with E-state index >= 15 is 0 Å². The van der Waals surface area contributed by atoms with Gasteiger partial charge in [0.1, 0.15) is 0 Å². The maximum Gasteiger partial charge on any atom is 0.338 e. The third-order valence-electron chi connectivity index (χ3n) is 3.62. The van der Waals surface area contributed by atoms with Crippen molar-refractivity contribution in [1.82, 2.24) is 0 Å². The number of carbonyl (C=O) groups excluding carboxylic acids is 2. The van der Waals surface area contributed by atoms with Gasteiger partial charge in [-0.05, 0) is 43.5 Å². The van der Waals surface area contributed by atoms with E-state index in [1.54, 1.807) is 6.07 Å². The molecule has 4 nitrogen and oxygen atoms in total. The molecule has 0 saturated heterocycles. The van der Waals surface area contributed by atoms with Crippen molar-refractivity contribution in [3.05, 3.63) is 64.7 Å². The fourth-order valence-corrected chi connectivity index (χ4v) is 2.30. The summed E-state index contributed by atoms with van der Waals surface area (Å²) in [5.41, 5.74) is 4.09. The number of benzene rings is 2. The first-order valence-corrected chi connectivity index (χ1v) is 7.63. The molecule has 1 N–H and O–H groups in total. The SMILES string of the molecule is CCc1ccccc1NC(=O)COC(=O)c1cc(C)ccc1C. The van der Waals surface area contributed by atoms with Crippen molar-refractivity contribution in [2.75, 3.05) is 11.9 Å². The summed E-state index contributed by atoms with van der Waals surface area (Å²) in [6.07, 6.45) is 0.818. The fraction of sp³-hybridized carbons (Fsp3) is 0.263. The molecule has 2 aromatic carbocycles. The normalized spacial score (nSPS) is 10.2. The summed E-state index contributed by atoms with van der Waals surface area (Å²) in [6, 6.07) is 13.1. The summed E-state index contributed by atoms with van der Waals surface area (Å²) >= 11 is 0. The molecule has 0 aliphatic rings. The number of anilines is 1. The van der Waals surface area contributed by atoms with E-state index in [-0.39, 0.29) is 12.5 Å². The minimum absolute atomic E-state index is 0.301. The van der Waals surface area contributed by atoms with Crippen molar-refractivity contribution >= 4 is 17.6 Å². The molecule has 0 bridgehead atoms. The van der Waals surface area contributed by atoms with Crippen LogP contribution in [0.25, 0.3) is 0 Å². The Kier molecular flexibility index (Phi) is 5.52. The highest BCUT2D eigenvalue weighted by Crippen LogP contribution is 2.15. The van der Waals surface area contributed by atoms with Crippen LogP contribution < -0.4 is 5.32 Å². The van der Waals surface area contributed by atoms with Gasteiger partial charge < -0.3 is 10.1 Å². The molecule has 0 unspecified atom stereocenters. The van der Waals surface area contributed by atoms with Gasteiger partial charge >= 0.3 is 5.97 Å². The van der Waals surface area contributed by atoms with Crippen molar-refractivity contribution in [2.24, 2.45) is 0 Å². The van der Waals surface area contributed by atoms with Gasteiger partial charge in [-0.15, -0.1) is 0 Å². The lowest BCUT2D eigenvalue weighted by Crippen LogP contribution is -2.21. The van der Waals surface area contributed by atoms with E-state index in [4.69, 9.17) is 4.74 Å². The van der Waals surface area contributed by atoms with E-state index < -0.39 is 5.97 Å². The second-order valence-corrected chi connectivity index (χ2v) is 5.45. The van der Waals surface area contributed by atoms with Gasteiger partial charge in [-0.1, -0.05) is 42.8 Å². The van der Waals surface area contributed by atoms with Gasteiger partial charge in [0, 0.05) is 5.69 Å². The number of carbonyl (C=O) groups is 2. The van der Waals surface area contributed by atoms with Crippen LogP contribution in [0.3, 0.4) is 0 Å². The number of para-hydroxylation sites is 1. The average molecular weight is 311 g/mol. The molecule has 23 heavy (non-hydrogen) atoms. The van der Waals surface area contributed by atoms with Gasteiger partial charge in [0.05, 0.1) is 5.56 Å². The quantitative estimate of drug-likeness (QED) is 0.857. The Bertz CT molecular complexity index is 722. The smallest absolute Gasteiger partial charge is 0.338 e. The van der Waals surface area contributed by atoms with Crippen LogP contribution in [0.5, 0.6) is 0 Å². The third kappa shape index (κ3) is 4.42. The average Bonchev–Trinajstić information content (AvgIpc) is 2.55. The fourth-order valence-electron chi connectivity index (χ4n) is 2.30. The van der Waals surface area contributed by atoms with Gasteiger partial charge in [-0.25, -0.2) is 4.79 Å². The first-order chi connectivity index (χ1) is 11.0. The molecule has 2 aromatic rings. The van der Waals surface area contributed by atoms with Crippen molar-refractivity contribution < 1.29 is 14.3 Å². The zero-order valence-corrected chi connectivity index (χ0v) is 13.7. The van der Waals surface area contributed by atoms with Crippen LogP contribution in [0.4, 0.5) is 5.69 Å². The van der Waals surface area contributed by atoms with E-state index in [0.29, 0.717) is 5.56 Å². The minimum atomic E-state index is -0.481. The number of rotatable bonds is 5. The summed E-state index contributed by atoms with van der Waals surface area (Å²) in [5.74, 6) is -0.824. The number of amides is 1. The van der Waals surface area contributed by atoms with E-state index in [1.807, 2.05) is 57.2 Å². The van der Waals surface area contributed by atoms with Crippen LogP contribution in [0.2, 0.25) is 0 Å². The molecule has 120 valence electrons. The van der Waals surface area contributed by atoms with Crippen molar-refractivity contribution in [1.29, 1.82) is 0 Å². The zero-order chi connectivity index (χ0) is 16.8. The lowest BCUT2D eigenvalue weighted by molar-refractivity contribution is -0.119. The number of hydrogen-bond acceptors (Lipinski definition) is 3. The van der Waals surface area contributed by atoms with Gasteiger partial charge in [0.15, 0.2) is 6.61 Å². The standard InChI is InChI=1S/C19H21NO3/c1-4-15-7-5-6-8-17(15)20-18(21)12-23-19(22)16-11-13(2)9-10-14(16)3/h5-11H,4,12H2,1-3H3,(H,20,21). The molecule has 4 heteroatoms. The van der Waals surface area contributed by atoms with E-state index in [1.165, 1.54) is 0 Å². The first-order valence-electron chi connectivity index (χ1n) is 7.63. The molecule has 0 saturated carbocycles. The minimum Gasteiger partial charge on any atom is -0.452 e. The van der Waals surface area contributed by atoms with Crippen LogP contribution in [0.15, 0.2) is 42.5 Å². The third-order valence-corrected chi connectivity index (χ3v) is 3.62. The number of nitrogens with one attached hydrogen (secondary N) is 1. The molecule has 0 aromatic heterocycles. The molecule has 0 aliphatic heterocycles. The Morgan fingerprint density at radius 3 is 2.57 bits per heavy atom. The molecule has 0 atom stereocenters. The maximum atomic E-state index is 12.1. The number of aryl methyl sites for hydroxylation is 3. The number of esters is 1. The van der Waals surface area contributed by atoms with E-state index in [9.17, 15) is 9.59 Å². The van der Waals surface area contributed by atoms with Crippen LogP contribution in [0.1, 0.15) is 34.0 Å². The van der Waals surface area contributed by atoms with Crippen LogP contribution in [-0.4, -0.2) is 18.5 Å². The van der Waals surface area contributed by atoms with Crippen molar-refractivity contribution in [2.45, 2.75) is 27.2 Å². The first kappa shape index (κ1) is 16.7. The van der Waals surface area contributed by atoms with Gasteiger partial charge in [-0.3, -0.25) is 4.79 Å². The highest BCUT2D eigenvalue weighted by Gasteiger charge is 2.13. The predicted molar refractivity (Wildman–Crippen MR) is 90.6 cm³/mol. The lowest BCUT2D eigenvalue weighted by atomic mass is 10.1. The van der Waals surface area contributed by atoms with Gasteiger partial charge in [-0.2, -0.15) is 0 Å². The number of hydrogen-bond donors (Lipinski definition) is 1. The molecular formula is C19H21NO3. The summed E-state index contributed by atoms with van der Waals surface area (Å²) < 4.78 is 5.12. The zero-order valence-electron chi connectivity index (χ0n) is 13.7. The second-order valence-electron chi connectivity index (χ2n) is 5.45.